The van der Waals surface area contributed by atoms with Crippen LogP contribution in [0.2, 0.25) is 0 Å². The van der Waals surface area contributed by atoms with Gasteiger partial charge in [-0.1, -0.05) is 0 Å². The predicted octanol–water partition coefficient (Wildman–Crippen LogP) is -3.14. The van der Waals surface area contributed by atoms with Crippen molar-refractivity contribution in [1.29, 1.82) is 0 Å². The Morgan fingerprint density at radius 1 is 0.913 bits per heavy atom. The summed E-state index contributed by atoms with van der Waals surface area (Å²) in [6, 6.07) is -1.71. The average Bonchev–Trinajstić information content (AvgIpc) is 2.51. The van der Waals surface area contributed by atoms with Gasteiger partial charge in [-0.15, -0.1) is 0 Å². The normalized spacial score (nSPS) is 13.3. The van der Waals surface area contributed by atoms with E-state index >= 15 is 0 Å². The highest BCUT2D eigenvalue weighted by molar-refractivity contribution is 7.80. The van der Waals surface area contributed by atoms with E-state index in [0.717, 1.165) is 0 Å². The molecule has 23 heavy (non-hydrogen) atoms. The number of thiol groups is 1. The monoisotopic (exact) mass is 358 g/mol. The van der Waals surface area contributed by atoms with Crippen LogP contribution in [0.4, 0.5) is 0 Å². The summed E-state index contributed by atoms with van der Waals surface area (Å²) in [5.74, 6) is -2.83. The first kappa shape index (κ1) is 26.5. The van der Waals surface area contributed by atoms with Crippen molar-refractivity contribution in [3.63, 3.8) is 0 Å². The molecule has 3 atom stereocenters. The van der Waals surface area contributed by atoms with Crippen molar-refractivity contribution >= 4 is 30.5 Å². The van der Waals surface area contributed by atoms with Gasteiger partial charge in [0.25, 0.3) is 0 Å². The second-order valence-corrected chi connectivity index (χ2v) is 4.50. The second kappa shape index (κ2) is 16.9. The van der Waals surface area contributed by atoms with Gasteiger partial charge in [0.2, 0.25) is 0 Å². The molecule has 0 saturated carbocycles. The maximum Gasteiger partial charge on any atom is 0.321 e. The van der Waals surface area contributed by atoms with Gasteiger partial charge in [-0.05, 0) is 12.8 Å². The summed E-state index contributed by atoms with van der Waals surface area (Å²) >= 11 is 3.65. The summed E-state index contributed by atoms with van der Waals surface area (Å²) in [4.78, 5) is 29.2. The van der Waals surface area contributed by atoms with Crippen LogP contribution < -0.4 is 22.9 Å². The maximum atomic E-state index is 10.2. The second-order valence-electron chi connectivity index (χ2n) is 4.14. The van der Waals surface area contributed by atoms with E-state index in [1.165, 1.54) is 0 Å². The molecule has 0 radical (unpaired) electrons. The van der Waals surface area contributed by atoms with Gasteiger partial charge < -0.3 is 43.4 Å². The minimum atomic E-state index is -1.05. The summed E-state index contributed by atoms with van der Waals surface area (Å²) in [5, 5.41) is 32.9. The number of rotatable bonds is 8. The van der Waals surface area contributed by atoms with Crippen LogP contribution in [0, 0.1) is 0 Å². The molecule has 0 amide bonds. The molecule has 11 nitrogen and oxygen atoms in total. The maximum absolute atomic E-state index is 10.2. The van der Waals surface area contributed by atoms with Crippen molar-refractivity contribution in [2.75, 3.05) is 18.8 Å². The fourth-order valence-corrected chi connectivity index (χ4v) is 0.848. The van der Waals surface area contributed by atoms with Gasteiger partial charge in [-0.25, -0.2) is 0 Å². The molecule has 0 rings (SSSR count). The third kappa shape index (κ3) is 23.0. The van der Waals surface area contributed by atoms with Gasteiger partial charge in [-0.3, -0.25) is 14.4 Å². The van der Waals surface area contributed by atoms with Gasteiger partial charge in [0.05, 0.1) is 12.6 Å². The minimum Gasteiger partial charge on any atom is -0.480 e. The Hall–Kier alpha value is -1.44. The Labute approximate surface area is 139 Å². The van der Waals surface area contributed by atoms with Crippen molar-refractivity contribution in [3.05, 3.63) is 0 Å². The van der Waals surface area contributed by atoms with Gasteiger partial charge in [0.15, 0.2) is 0 Å². The Morgan fingerprint density at radius 2 is 1.30 bits per heavy atom. The molecule has 0 fully saturated rings. The largest absolute Gasteiger partial charge is 0.480 e. The highest BCUT2D eigenvalue weighted by atomic mass is 32.1. The molecule has 0 aliphatic carbocycles. The SMILES string of the molecule is NCC(=O)O.NC[C@H](O)CC[C@H](N)C(=O)O.N[C@@H](CS)C(=O)O. The van der Waals surface area contributed by atoms with Crippen LogP contribution in [-0.2, 0) is 14.4 Å². The first-order chi connectivity index (χ1) is 10.5. The quantitative estimate of drug-likeness (QED) is 0.196. The molecule has 0 unspecified atom stereocenters. The van der Waals surface area contributed by atoms with Crippen molar-refractivity contribution < 1.29 is 34.8 Å². The fourth-order valence-electron chi connectivity index (χ4n) is 0.691. The summed E-state index contributed by atoms with van der Waals surface area (Å²) < 4.78 is 0. The molecule has 0 spiro atoms. The molecule has 0 aromatic carbocycles. The molecule has 0 heterocycles. The van der Waals surface area contributed by atoms with Gasteiger partial charge in [0.1, 0.15) is 12.1 Å². The minimum absolute atomic E-state index is 0.145. The Kier molecular flexibility index (Phi) is 19.5. The molecule has 0 aromatic rings. The zero-order chi connectivity index (χ0) is 19.0. The Balaban J connectivity index is -0.000000286. The van der Waals surface area contributed by atoms with E-state index in [4.69, 9.17) is 37.6 Å². The molecule has 12 N–H and O–H groups in total. The molecule has 138 valence electrons. The number of carboxylic acids is 3. The van der Waals surface area contributed by atoms with Crippen LogP contribution in [0.1, 0.15) is 12.8 Å². The van der Waals surface area contributed by atoms with E-state index in [0.29, 0.717) is 6.42 Å². The summed E-state index contributed by atoms with van der Waals surface area (Å²) in [6.45, 7) is -0.133. The van der Waals surface area contributed by atoms with E-state index < -0.39 is 36.1 Å². The van der Waals surface area contributed by atoms with Crippen LogP contribution in [0.5, 0.6) is 0 Å². The smallest absolute Gasteiger partial charge is 0.321 e. The third-order valence-corrected chi connectivity index (χ3v) is 2.48. The van der Waals surface area contributed by atoms with Crippen LogP contribution >= 0.6 is 12.6 Å². The van der Waals surface area contributed by atoms with E-state index in [9.17, 15) is 14.4 Å². The van der Waals surface area contributed by atoms with E-state index in [-0.39, 0.29) is 25.3 Å². The molecule has 0 aliphatic rings. The molecular weight excluding hydrogens is 332 g/mol. The van der Waals surface area contributed by atoms with Crippen molar-refractivity contribution in [2.45, 2.75) is 31.0 Å². The van der Waals surface area contributed by atoms with Crippen LogP contribution in [0.25, 0.3) is 0 Å². The Morgan fingerprint density at radius 3 is 1.48 bits per heavy atom. The van der Waals surface area contributed by atoms with Gasteiger partial charge in [0, 0.05) is 12.3 Å². The lowest BCUT2D eigenvalue weighted by Crippen LogP contribution is -2.32. The topological polar surface area (TPSA) is 236 Å². The Bertz CT molecular complexity index is 346. The molecule has 12 heteroatoms. The van der Waals surface area contributed by atoms with Gasteiger partial charge in [-0.2, -0.15) is 12.6 Å². The lowest BCUT2D eigenvalue weighted by Gasteiger charge is -2.09. The van der Waals surface area contributed by atoms with Crippen molar-refractivity contribution in [3.8, 4) is 0 Å². The number of aliphatic carboxylic acids is 3. The standard InChI is InChI=1S/C6H14N2O3.C3H7NO2S.C2H5NO2/c7-3-4(9)1-2-5(8)6(10)11;4-2(1-7)3(5)6;3-1-2(4)5/h4-5,9H,1-3,7-8H2,(H,10,11);2,7H,1,4H2,(H,5,6);1,3H2,(H,4,5)/t4-,5+;2-;/m10./s1. The summed E-state index contributed by atoms with van der Waals surface area (Å²) in [6.07, 6.45) is -0.0436. The molecular formula is C11H26N4O7S. The molecule has 0 saturated heterocycles. The fraction of sp³-hybridized carbons (Fsp3) is 0.727. The van der Waals surface area contributed by atoms with Crippen molar-refractivity contribution in [2.24, 2.45) is 22.9 Å². The molecule has 0 aliphatic heterocycles. The number of carboxylic acid groups (broad SMARTS) is 3. The van der Waals surface area contributed by atoms with E-state index in [2.05, 4.69) is 18.4 Å². The zero-order valence-electron chi connectivity index (χ0n) is 12.5. The lowest BCUT2D eigenvalue weighted by atomic mass is 10.1. The first-order valence-electron chi connectivity index (χ1n) is 6.40. The number of aliphatic hydroxyl groups is 1. The van der Waals surface area contributed by atoms with Crippen LogP contribution in [0.15, 0.2) is 0 Å². The highest BCUT2D eigenvalue weighted by Crippen LogP contribution is 1.98. The van der Waals surface area contributed by atoms with Crippen LogP contribution in [0.3, 0.4) is 0 Å². The number of hydrogen-bond donors (Lipinski definition) is 9. The molecule has 0 aromatic heterocycles. The van der Waals surface area contributed by atoms with Crippen molar-refractivity contribution in [1.82, 2.24) is 0 Å². The number of hydrogen-bond acceptors (Lipinski definition) is 9. The van der Waals surface area contributed by atoms with Crippen LogP contribution in [-0.4, -0.2) is 75.4 Å². The number of nitrogens with two attached hydrogens (primary N) is 4. The molecule has 0 bridgehead atoms. The first-order valence-corrected chi connectivity index (χ1v) is 7.04. The third-order valence-electron chi connectivity index (χ3n) is 2.09. The number of aliphatic hydroxyl groups excluding tert-OH is 1. The predicted molar refractivity (Wildman–Crippen MR) is 86.1 cm³/mol. The van der Waals surface area contributed by atoms with E-state index in [1.54, 1.807) is 0 Å². The summed E-state index contributed by atoms with van der Waals surface area (Å²) in [5.41, 5.74) is 19.8. The van der Waals surface area contributed by atoms with Gasteiger partial charge >= 0.3 is 17.9 Å². The summed E-state index contributed by atoms with van der Waals surface area (Å²) in [7, 11) is 0. The lowest BCUT2D eigenvalue weighted by molar-refractivity contribution is -0.139. The highest BCUT2D eigenvalue weighted by Gasteiger charge is 2.12. The zero-order valence-corrected chi connectivity index (χ0v) is 13.4. The number of carbonyl (C=O) groups is 3. The average molecular weight is 358 g/mol. The van der Waals surface area contributed by atoms with E-state index in [1.807, 2.05) is 0 Å².